The number of fused-ring (bicyclic) bond motifs is 10. The monoisotopic (exact) mass is 872 g/mol. The van der Waals surface area contributed by atoms with Gasteiger partial charge in [0.15, 0.2) is 0 Å². The van der Waals surface area contributed by atoms with E-state index in [9.17, 15) is 0 Å². The average Bonchev–Trinajstić information content (AvgIpc) is 3.92. The molecule has 0 saturated heterocycles. The maximum atomic E-state index is 2.60. The summed E-state index contributed by atoms with van der Waals surface area (Å²) in [5.41, 5.74) is 17.3. The molecule has 7 aromatic carbocycles. The fraction of sp³-hybridized carbons (Fsp3) is 0.152. The third-order valence-corrected chi connectivity index (χ3v) is 16.7. The maximum Gasteiger partial charge on any atom is 0.0629 e. The zero-order valence-corrected chi connectivity index (χ0v) is 38.1. The standard InChI is InChI=1S/C66H52N2/c1-4-21-46(22-5-1)65(59-34-15-16-35-60(59)66(47-23-6-2-7-24-47)58-33-14-12-30-54(58)56-32-19-36-61(65)63(56)66)48-25-18-28-52(44-48)67(49-26-8-3-9-27-49)50-39-41-51(42-40-50)68-62-37-17-13-31-55(62)57-43-38-45-20-10-11-29-53(45)64(57)68/h1-21,23-32,34-43,46,52,55,58,62H,22,33,44H2. The summed E-state index contributed by atoms with van der Waals surface area (Å²) in [7, 11) is 0. The van der Waals surface area contributed by atoms with Gasteiger partial charge in [0.2, 0.25) is 0 Å². The molecule has 0 spiro atoms. The van der Waals surface area contributed by atoms with E-state index in [4.69, 9.17) is 0 Å². The molecule has 7 atom stereocenters. The van der Waals surface area contributed by atoms with Gasteiger partial charge in [0.1, 0.15) is 0 Å². The Morgan fingerprint density at radius 3 is 2.07 bits per heavy atom. The zero-order chi connectivity index (χ0) is 44.8. The van der Waals surface area contributed by atoms with Crippen molar-refractivity contribution in [2.75, 3.05) is 9.80 Å². The first-order valence-electron chi connectivity index (χ1n) is 24.7. The van der Waals surface area contributed by atoms with Crippen LogP contribution in [0.1, 0.15) is 64.1 Å². The van der Waals surface area contributed by atoms with E-state index in [0.29, 0.717) is 11.8 Å². The average molecular weight is 873 g/mol. The molecule has 7 unspecified atom stereocenters. The first-order valence-corrected chi connectivity index (χ1v) is 24.7. The van der Waals surface area contributed by atoms with Crippen molar-refractivity contribution in [1.82, 2.24) is 0 Å². The van der Waals surface area contributed by atoms with Crippen molar-refractivity contribution in [3.05, 3.63) is 293 Å². The highest BCUT2D eigenvalue weighted by Gasteiger charge is 2.62. The Labute approximate surface area is 400 Å². The molecule has 7 aliphatic rings. The number of hydrogen-bond donors (Lipinski definition) is 0. The van der Waals surface area contributed by atoms with Crippen LogP contribution in [0.4, 0.5) is 22.7 Å². The van der Waals surface area contributed by atoms with Crippen molar-refractivity contribution < 1.29 is 0 Å². The maximum absolute atomic E-state index is 2.60. The minimum absolute atomic E-state index is 0.0645. The largest absolute Gasteiger partial charge is 0.334 e. The molecule has 0 N–H and O–H groups in total. The second-order valence-electron chi connectivity index (χ2n) is 19.7. The van der Waals surface area contributed by atoms with E-state index in [0.717, 1.165) is 19.3 Å². The van der Waals surface area contributed by atoms with Gasteiger partial charge in [-0.3, -0.25) is 0 Å². The quantitative estimate of drug-likeness (QED) is 0.157. The summed E-state index contributed by atoms with van der Waals surface area (Å²) in [6.45, 7) is 0. The third-order valence-electron chi connectivity index (χ3n) is 16.7. The van der Waals surface area contributed by atoms with Gasteiger partial charge >= 0.3 is 0 Å². The Hall–Kier alpha value is -7.68. The van der Waals surface area contributed by atoms with Gasteiger partial charge in [0.05, 0.1) is 23.2 Å². The van der Waals surface area contributed by atoms with Gasteiger partial charge in [-0.1, -0.05) is 218 Å². The molecule has 1 heterocycles. The van der Waals surface area contributed by atoms with E-state index in [-0.39, 0.29) is 23.4 Å². The topological polar surface area (TPSA) is 6.48 Å². The highest BCUT2D eigenvalue weighted by molar-refractivity contribution is 6.00. The first-order chi connectivity index (χ1) is 33.8. The van der Waals surface area contributed by atoms with Gasteiger partial charge in [-0.15, -0.1) is 0 Å². The van der Waals surface area contributed by atoms with Crippen LogP contribution in [-0.2, 0) is 10.8 Å². The number of anilines is 4. The summed E-state index contributed by atoms with van der Waals surface area (Å²) < 4.78 is 0. The lowest BCUT2D eigenvalue weighted by Gasteiger charge is -2.54. The van der Waals surface area contributed by atoms with Crippen molar-refractivity contribution in [3.63, 3.8) is 0 Å². The number of rotatable bonds is 7. The second-order valence-corrected chi connectivity index (χ2v) is 19.7. The smallest absolute Gasteiger partial charge is 0.0629 e. The molecule has 0 saturated carbocycles. The second kappa shape index (κ2) is 15.4. The normalized spacial score (nSPS) is 26.4. The number of nitrogens with zero attached hydrogens (tertiary/aromatic N) is 2. The van der Waals surface area contributed by atoms with Crippen LogP contribution in [0.15, 0.2) is 254 Å². The molecule has 2 heteroatoms. The number of hydrogen-bond acceptors (Lipinski definition) is 2. The molecule has 7 aromatic rings. The Kier molecular flexibility index (Phi) is 8.96. The SMILES string of the molecule is C1=CCC(C2(C3=CC=CC(N(c4ccccc4)c4ccc(N5c6c(ccc7ccccc67)C6C=CC=CC65)cc4)C3)c3ccccc3C3(c4ccccc4)c4c(cccc42)C2=CC=CCC23)C=C1. The van der Waals surface area contributed by atoms with Crippen LogP contribution in [-0.4, -0.2) is 12.1 Å². The van der Waals surface area contributed by atoms with Crippen molar-refractivity contribution in [1.29, 1.82) is 0 Å². The van der Waals surface area contributed by atoms with Gasteiger partial charge in [-0.2, -0.15) is 0 Å². The fourth-order valence-electron chi connectivity index (χ4n) is 14.2. The Balaban J connectivity index is 0.922. The van der Waals surface area contributed by atoms with Crippen molar-refractivity contribution in [2.24, 2.45) is 11.8 Å². The van der Waals surface area contributed by atoms with Crippen LogP contribution in [0, 0.1) is 11.8 Å². The van der Waals surface area contributed by atoms with Crippen LogP contribution < -0.4 is 9.80 Å². The summed E-state index contributed by atoms with van der Waals surface area (Å²) in [4.78, 5) is 5.19. The summed E-state index contributed by atoms with van der Waals surface area (Å²) in [6.07, 6.45) is 36.0. The van der Waals surface area contributed by atoms with Gasteiger partial charge in [-0.05, 0) is 111 Å². The molecule has 326 valence electrons. The molecule has 2 nitrogen and oxygen atoms in total. The van der Waals surface area contributed by atoms with Gasteiger partial charge in [0, 0.05) is 39.7 Å². The molecule has 0 fully saturated rings. The molecule has 0 amide bonds. The van der Waals surface area contributed by atoms with Crippen LogP contribution in [0.2, 0.25) is 0 Å². The van der Waals surface area contributed by atoms with Crippen LogP contribution in [0.3, 0.4) is 0 Å². The molecular formula is C66H52N2. The first kappa shape index (κ1) is 39.5. The van der Waals surface area contributed by atoms with Crippen LogP contribution in [0.5, 0.6) is 0 Å². The summed E-state index contributed by atoms with van der Waals surface area (Å²) in [6, 6.07) is 62.8. The highest BCUT2D eigenvalue weighted by Crippen LogP contribution is 2.69. The Morgan fingerprint density at radius 2 is 1.24 bits per heavy atom. The number of benzene rings is 7. The predicted octanol–water partition coefficient (Wildman–Crippen LogP) is 15.7. The van der Waals surface area contributed by atoms with E-state index in [1.165, 1.54) is 83.6 Å². The molecule has 0 aromatic heterocycles. The molecule has 0 radical (unpaired) electrons. The van der Waals surface area contributed by atoms with Crippen molar-refractivity contribution >= 4 is 39.1 Å². The third kappa shape index (κ3) is 5.46. The highest BCUT2D eigenvalue weighted by atomic mass is 15.2. The molecule has 0 bridgehead atoms. The van der Waals surface area contributed by atoms with E-state index in [2.05, 4.69) is 259 Å². The molecule has 6 aliphatic carbocycles. The van der Waals surface area contributed by atoms with E-state index >= 15 is 0 Å². The van der Waals surface area contributed by atoms with E-state index in [1.807, 2.05) is 0 Å². The summed E-state index contributed by atoms with van der Waals surface area (Å²) >= 11 is 0. The van der Waals surface area contributed by atoms with Gasteiger partial charge in [0.25, 0.3) is 0 Å². The Morgan fingerprint density at radius 1 is 0.515 bits per heavy atom. The molecular weight excluding hydrogens is 821 g/mol. The Bertz CT molecular complexity index is 3420. The lowest BCUT2D eigenvalue weighted by Crippen LogP contribution is -2.50. The van der Waals surface area contributed by atoms with Crippen molar-refractivity contribution in [2.45, 2.75) is 48.1 Å². The van der Waals surface area contributed by atoms with Gasteiger partial charge in [-0.25, -0.2) is 0 Å². The number of para-hydroxylation sites is 1. The minimum Gasteiger partial charge on any atom is -0.334 e. The van der Waals surface area contributed by atoms with Crippen LogP contribution >= 0.6 is 0 Å². The summed E-state index contributed by atoms with van der Waals surface area (Å²) in [5.74, 6) is 0.838. The lowest BCUT2D eigenvalue weighted by atomic mass is 9.48. The zero-order valence-electron chi connectivity index (χ0n) is 38.1. The molecule has 14 rings (SSSR count). The van der Waals surface area contributed by atoms with Crippen molar-refractivity contribution in [3.8, 4) is 0 Å². The molecule has 68 heavy (non-hydrogen) atoms. The predicted molar refractivity (Wildman–Crippen MR) is 283 cm³/mol. The van der Waals surface area contributed by atoms with Crippen LogP contribution in [0.25, 0.3) is 16.3 Å². The van der Waals surface area contributed by atoms with Gasteiger partial charge < -0.3 is 9.80 Å². The minimum atomic E-state index is -0.414. The lowest BCUT2D eigenvalue weighted by molar-refractivity contribution is 0.373. The molecule has 1 aliphatic heterocycles. The fourth-order valence-corrected chi connectivity index (χ4v) is 14.2. The number of allylic oxidation sites excluding steroid dienone is 12. The van der Waals surface area contributed by atoms with E-state index in [1.54, 1.807) is 0 Å². The summed E-state index contributed by atoms with van der Waals surface area (Å²) in [5, 5.41) is 2.58. The van der Waals surface area contributed by atoms with E-state index < -0.39 is 5.41 Å².